The Morgan fingerprint density at radius 2 is 1.58 bits per heavy atom. The number of aliphatic hydroxyl groups excluding tert-OH is 6. The van der Waals surface area contributed by atoms with Crippen LogP contribution in [0.4, 0.5) is 0 Å². The molecule has 2 saturated heterocycles. The summed E-state index contributed by atoms with van der Waals surface area (Å²) < 4.78 is 16.4. The monoisotopic (exact) mass is 352 g/mol. The van der Waals surface area contributed by atoms with E-state index in [2.05, 4.69) is 0 Å². The minimum Gasteiger partial charge on any atom is -0.394 e. The van der Waals surface area contributed by atoms with Crippen LogP contribution in [0, 0.1) is 11.3 Å². The maximum Gasteiger partial charge on any atom is 0.184 e. The fourth-order valence-electron chi connectivity index (χ4n) is 3.30. The van der Waals surface area contributed by atoms with Gasteiger partial charge in [0, 0.05) is 11.3 Å². The van der Waals surface area contributed by atoms with Crippen LogP contribution in [0.1, 0.15) is 20.8 Å². The number of hydrogen-bond acceptors (Lipinski definition) is 9. The summed E-state index contributed by atoms with van der Waals surface area (Å²) in [5, 5.41) is 58.7. The Morgan fingerprint density at radius 3 is 2.12 bits per heavy atom. The molecular weight excluding hydrogens is 324 g/mol. The highest BCUT2D eigenvalue weighted by atomic mass is 16.7. The van der Waals surface area contributed by atoms with E-state index in [9.17, 15) is 30.6 Å². The first-order chi connectivity index (χ1) is 11.1. The zero-order chi connectivity index (χ0) is 18.2. The molecule has 2 aliphatic heterocycles. The standard InChI is InChI=1S/C15H28O9/c1-6-12(20)15(2,3)8(5-17)23-14(6)24-11-7(4-16)22-13(21)10(19)9(11)18/h6-14,16-21H,4-5H2,1-3H3. The molecule has 9 heteroatoms. The van der Waals surface area contributed by atoms with E-state index in [1.54, 1.807) is 20.8 Å². The van der Waals surface area contributed by atoms with Crippen molar-refractivity contribution in [1.82, 2.24) is 0 Å². The summed E-state index contributed by atoms with van der Waals surface area (Å²) in [6.07, 6.45) is -9.55. The molecule has 2 fully saturated rings. The Bertz CT molecular complexity index is 412. The number of aliphatic hydroxyl groups is 6. The van der Waals surface area contributed by atoms with Crippen molar-refractivity contribution >= 4 is 0 Å². The van der Waals surface area contributed by atoms with E-state index >= 15 is 0 Å². The van der Waals surface area contributed by atoms with Gasteiger partial charge in [0.25, 0.3) is 0 Å². The lowest BCUT2D eigenvalue weighted by molar-refractivity contribution is -0.351. The highest BCUT2D eigenvalue weighted by Crippen LogP contribution is 2.40. The first kappa shape index (κ1) is 20.0. The topological polar surface area (TPSA) is 149 Å². The lowest BCUT2D eigenvalue weighted by atomic mass is 9.73. The zero-order valence-electron chi connectivity index (χ0n) is 14.0. The van der Waals surface area contributed by atoms with E-state index in [-0.39, 0.29) is 6.61 Å². The molecule has 0 aromatic rings. The molecule has 0 aliphatic carbocycles. The Balaban J connectivity index is 2.16. The third kappa shape index (κ3) is 3.46. The molecule has 0 bridgehead atoms. The van der Waals surface area contributed by atoms with Gasteiger partial charge in [0.15, 0.2) is 12.6 Å². The first-order valence-electron chi connectivity index (χ1n) is 8.05. The van der Waals surface area contributed by atoms with E-state index in [1.807, 2.05) is 0 Å². The van der Waals surface area contributed by atoms with Gasteiger partial charge in [-0.3, -0.25) is 0 Å². The first-order valence-corrected chi connectivity index (χ1v) is 8.05. The highest BCUT2D eigenvalue weighted by Gasteiger charge is 2.52. The van der Waals surface area contributed by atoms with Crippen molar-refractivity contribution < 1.29 is 44.8 Å². The third-order valence-electron chi connectivity index (χ3n) is 5.11. The number of hydrogen-bond donors (Lipinski definition) is 6. The molecule has 142 valence electrons. The summed E-state index contributed by atoms with van der Waals surface area (Å²) in [6.45, 7) is 4.34. The Hall–Kier alpha value is -0.360. The van der Waals surface area contributed by atoms with Gasteiger partial charge in [-0.1, -0.05) is 20.8 Å². The molecule has 2 rings (SSSR count). The van der Waals surface area contributed by atoms with Gasteiger partial charge in [0.05, 0.1) is 25.4 Å². The fraction of sp³-hybridized carbons (Fsp3) is 1.00. The number of ether oxygens (including phenoxy) is 3. The highest BCUT2D eigenvalue weighted by molar-refractivity contribution is 4.96. The third-order valence-corrected chi connectivity index (χ3v) is 5.11. The van der Waals surface area contributed by atoms with Crippen LogP contribution < -0.4 is 0 Å². The van der Waals surface area contributed by atoms with Crippen molar-refractivity contribution in [2.75, 3.05) is 13.2 Å². The second kappa shape index (κ2) is 7.48. The van der Waals surface area contributed by atoms with Gasteiger partial charge in [0.1, 0.15) is 24.4 Å². The average Bonchev–Trinajstić information content (AvgIpc) is 2.55. The SMILES string of the molecule is CC1C(OC2C(CO)OC(O)C(O)C2O)OC(CO)C(C)(C)C1O. The molecule has 9 nitrogen and oxygen atoms in total. The molecule has 0 radical (unpaired) electrons. The van der Waals surface area contributed by atoms with Crippen molar-refractivity contribution in [3.8, 4) is 0 Å². The van der Waals surface area contributed by atoms with Gasteiger partial charge >= 0.3 is 0 Å². The molecule has 9 unspecified atom stereocenters. The minimum absolute atomic E-state index is 0.328. The molecule has 2 aliphatic rings. The summed E-state index contributed by atoms with van der Waals surface area (Å²) >= 11 is 0. The number of rotatable bonds is 4. The largest absolute Gasteiger partial charge is 0.394 e. The van der Waals surface area contributed by atoms with Crippen LogP contribution >= 0.6 is 0 Å². The Morgan fingerprint density at radius 1 is 0.958 bits per heavy atom. The van der Waals surface area contributed by atoms with Crippen LogP contribution in [-0.4, -0.2) is 93.1 Å². The molecule has 0 aromatic heterocycles. The van der Waals surface area contributed by atoms with Crippen LogP contribution in [-0.2, 0) is 14.2 Å². The lowest BCUT2D eigenvalue weighted by Gasteiger charge is -2.50. The normalized spacial score (nSPS) is 49.1. The second-order valence-corrected chi connectivity index (χ2v) is 7.13. The molecule has 9 atom stereocenters. The van der Waals surface area contributed by atoms with Crippen molar-refractivity contribution in [2.45, 2.75) is 70.0 Å². The second-order valence-electron chi connectivity index (χ2n) is 7.13. The van der Waals surface area contributed by atoms with Gasteiger partial charge in [-0.2, -0.15) is 0 Å². The smallest absolute Gasteiger partial charge is 0.184 e. The summed E-state index contributed by atoms with van der Waals surface area (Å²) in [5.74, 6) is -0.502. The molecule has 0 saturated carbocycles. The van der Waals surface area contributed by atoms with E-state index in [4.69, 9.17) is 14.2 Å². The zero-order valence-corrected chi connectivity index (χ0v) is 14.0. The van der Waals surface area contributed by atoms with E-state index < -0.39 is 67.1 Å². The van der Waals surface area contributed by atoms with Crippen LogP contribution in [0.3, 0.4) is 0 Å². The van der Waals surface area contributed by atoms with Gasteiger partial charge in [-0.25, -0.2) is 0 Å². The molecule has 24 heavy (non-hydrogen) atoms. The van der Waals surface area contributed by atoms with Crippen LogP contribution in [0.5, 0.6) is 0 Å². The molecule has 0 spiro atoms. The van der Waals surface area contributed by atoms with Crippen LogP contribution in [0.15, 0.2) is 0 Å². The quantitative estimate of drug-likeness (QED) is 0.324. The van der Waals surface area contributed by atoms with Crippen molar-refractivity contribution in [2.24, 2.45) is 11.3 Å². The van der Waals surface area contributed by atoms with Gasteiger partial charge in [-0.15, -0.1) is 0 Å². The van der Waals surface area contributed by atoms with Crippen molar-refractivity contribution in [3.63, 3.8) is 0 Å². The van der Waals surface area contributed by atoms with Crippen LogP contribution in [0.25, 0.3) is 0 Å². The van der Waals surface area contributed by atoms with Crippen molar-refractivity contribution in [3.05, 3.63) is 0 Å². The molecule has 2 heterocycles. The predicted molar refractivity (Wildman–Crippen MR) is 79.6 cm³/mol. The van der Waals surface area contributed by atoms with Gasteiger partial charge in [0.2, 0.25) is 0 Å². The summed E-state index contributed by atoms with van der Waals surface area (Å²) in [6, 6.07) is 0. The molecule has 0 aromatic carbocycles. The predicted octanol–water partition coefficient (Wildman–Crippen LogP) is -2.46. The van der Waals surface area contributed by atoms with E-state index in [0.717, 1.165) is 0 Å². The molecular formula is C15H28O9. The van der Waals surface area contributed by atoms with E-state index in [1.165, 1.54) is 0 Å². The Kier molecular flexibility index (Phi) is 6.22. The van der Waals surface area contributed by atoms with E-state index in [0.29, 0.717) is 0 Å². The van der Waals surface area contributed by atoms with Gasteiger partial charge in [-0.05, 0) is 0 Å². The summed E-state index contributed by atoms with van der Waals surface area (Å²) in [7, 11) is 0. The maximum absolute atomic E-state index is 10.5. The van der Waals surface area contributed by atoms with Crippen molar-refractivity contribution in [1.29, 1.82) is 0 Å². The summed E-state index contributed by atoms with van der Waals surface area (Å²) in [5.41, 5.74) is -0.707. The summed E-state index contributed by atoms with van der Waals surface area (Å²) in [4.78, 5) is 0. The van der Waals surface area contributed by atoms with Crippen LogP contribution in [0.2, 0.25) is 0 Å². The van der Waals surface area contributed by atoms with Gasteiger partial charge < -0.3 is 44.8 Å². The average molecular weight is 352 g/mol. The maximum atomic E-state index is 10.5. The molecule has 0 amide bonds. The fourth-order valence-corrected chi connectivity index (χ4v) is 3.30. The molecule has 6 N–H and O–H groups in total. The Labute approximate surface area is 140 Å². The lowest BCUT2D eigenvalue weighted by Crippen LogP contribution is -2.63. The minimum atomic E-state index is -1.64.